The number of hydrogen-bond acceptors (Lipinski definition) is 4. The van der Waals surface area contributed by atoms with Gasteiger partial charge in [0.15, 0.2) is 0 Å². The maximum Gasteiger partial charge on any atom is 0.658 e. The van der Waals surface area contributed by atoms with Gasteiger partial charge in [0.25, 0.3) is 0 Å². The van der Waals surface area contributed by atoms with E-state index in [-0.39, 0.29) is 0 Å². The summed E-state index contributed by atoms with van der Waals surface area (Å²) in [6.07, 6.45) is 1.65. The maximum atomic E-state index is 10.9. The fraction of sp³-hybridized carbons (Fsp3) is 0.222. The molecule has 0 aliphatic rings. The van der Waals surface area contributed by atoms with Gasteiger partial charge in [0.2, 0.25) is 0 Å². The average molecular weight is 309 g/mol. The zero-order valence-electron chi connectivity index (χ0n) is 13.7. The largest absolute Gasteiger partial charge is 0.658 e. The molecular formula is C18H18BO4. The fourth-order valence-corrected chi connectivity index (χ4v) is 2.27. The SMILES string of the molecule is Cc1c(C=O)ccc(O[B]Oc2ccc(C=O)c(C)c2C)c1C. The number of benzene rings is 2. The number of carbonyl (C=O) groups excluding carboxylic acids is 2. The molecule has 0 aliphatic carbocycles. The highest BCUT2D eigenvalue weighted by atomic mass is 16.6. The van der Waals surface area contributed by atoms with Gasteiger partial charge in [0.05, 0.1) is 0 Å². The maximum absolute atomic E-state index is 10.9. The molecule has 0 atom stereocenters. The molecule has 2 rings (SSSR count). The molecule has 0 amide bonds. The van der Waals surface area contributed by atoms with Crippen molar-refractivity contribution in [2.24, 2.45) is 0 Å². The number of carbonyl (C=O) groups is 2. The van der Waals surface area contributed by atoms with Crippen molar-refractivity contribution in [3.63, 3.8) is 0 Å². The lowest BCUT2D eigenvalue weighted by Crippen LogP contribution is -2.13. The van der Waals surface area contributed by atoms with Crippen molar-refractivity contribution in [1.82, 2.24) is 0 Å². The summed E-state index contributed by atoms with van der Waals surface area (Å²) in [5, 5.41) is 0. The van der Waals surface area contributed by atoms with E-state index < -0.39 is 0 Å². The van der Waals surface area contributed by atoms with Crippen LogP contribution in [0.15, 0.2) is 24.3 Å². The predicted octanol–water partition coefficient (Wildman–Crippen LogP) is 3.54. The third-order valence-corrected chi connectivity index (χ3v) is 4.16. The molecule has 0 saturated carbocycles. The first-order chi connectivity index (χ1) is 11.0. The molecule has 0 spiro atoms. The van der Waals surface area contributed by atoms with E-state index in [1.807, 2.05) is 27.7 Å². The Morgan fingerprint density at radius 3 is 1.43 bits per heavy atom. The summed E-state index contributed by atoms with van der Waals surface area (Å²) < 4.78 is 11.1. The molecule has 0 N–H and O–H groups in total. The number of aldehydes is 2. The molecule has 2 aromatic carbocycles. The Bertz CT molecular complexity index is 690. The van der Waals surface area contributed by atoms with Crippen LogP contribution >= 0.6 is 0 Å². The highest BCUT2D eigenvalue weighted by molar-refractivity contribution is 6.21. The lowest BCUT2D eigenvalue weighted by molar-refractivity contribution is 0.111. The smallest absolute Gasteiger partial charge is 0.526 e. The second-order valence-corrected chi connectivity index (χ2v) is 5.37. The van der Waals surface area contributed by atoms with E-state index in [2.05, 4.69) is 0 Å². The van der Waals surface area contributed by atoms with E-state index >= 15 is 0 Å². The molecule has 117 valence electrons. The van der Waals surface area contributed by atoms with Gasteiger partial charge < -0.3 is 9.31 Å². The Labute approximate surface area is 136 Å². The lowest BCUT2D eigenvalue weighted by Gasteiger charge is -2.14. The molecule has 5 heteroatoms. The second-order valence-electron chi connectivity index (χ2n) is 5.37. The van der Waals surface area contributed by atoms with Gasteiger partial charge in [0.1, 0.15) is 24.1 Å². The summed E-state index contributed by atoms with van der Waals surface area (Å²) in [5.74, 6) is 1.26. The summed E-state index contributed by atoms with van der Waals surface area (Å²) in [7, 11) is 1.25. The van der Waals surface area contributed by atoms with Crippen LogP contribution in [0.4, 0.5) is 0 Å². The minimum Gasteiger partial charge on any atom is -0.526 e. The van der Waals surface area contributed by atoms with Gasteiger partial charge >= 0.3 is 7.69 Å². The van der Waals surface area contributed by atoms with Crippen LogP contribution in [-0.4, -0.2) is 20.3 Å². The van der Waals surface area contributed by atoms with Crippen LogP contribution in [0.5, 0.6) is 11.5 Å². The van der Waals surface area contributed by atoms with Crippen molar-refractivity contribution in [3.8, 4) is 11.5 Å². The molecule has 0 bridgehead atoms. The third kappa shape index (κ3) is 3.45. The summed E-state index contributed by atoms with van der Waals surface area (Å²) >= 11 is 0. The van der Waals surface area contributed by atoms with Crippen LogP contribution < -0.4 is 9.31 Å². The number of hydrogen-bond donors (Lipinski definition) is 0. The van der Waals surface area contributed by atoms with Crippen LogP contribution in [-0.2, 0) is 0 Å². The Hall–Kier alpha value is -2.56. The van der Waals surface area contributed by atoms with Gasteiger partial charge in [-0.25, -0.2) is 0 Å². The predicted molar refractivity (Wildman–Crippen MR) is 89.6 cm³/mol. The van der Waals surface area contributed by atoms with E-state index in [1.54, 1.807) is 24.3 Å². The minimum absolute atomic E-state index is 0.631. The van der Waals surface area contributed by atoms with Crippen LogP contribution in [0.25, 0.3) is 0 Å². The molecular weight excluding hydrogens is 291 g/mol. The highest BCUT2D eigenvalue weighted by Crippen LogP contribution is 2.25. The van der Waals surface area contributed by atoms with Gasteiger partial charge in [-0.15, -0.1) is 0 Å². The zero-order chi connectivity index (χ0) is 17.0. The molecule has 0 aromatic heterocycles. The quantitative estimate of drug-likeness (QED) is 0.605. The lowest BCUT2D eigenvalue weighted by atomic mass is 10.0. The van der Waals surface area contributed by atoms with Crippen molar-refractivity contribution in [1.29, 1.82) is 0 Å². The third-order valence-electron chi connectivity index (χ3n) is 4.16. The highest BCUT2D eigenvalue weighted by Gasteiger charge is 2.11. The van der Waals surface area contributed by atoms with Crippen molar-refractivity contribution < 1.29 is 18.9 Å². The summed E-state index contributed by atoms with van der Waals surface area (Å²) in [4.78, 5) is 21.8. The summed E-state index contributed by atoms with van der Waals surface area (Å²) in [6, 6.07) is 6.90. The molecule has 0 aliphatic heterocycles. The van der Waals surface area contributed by atoms with Gasteiger partial charge in [-0.1, -0.05) is 0 Å². The molecule has 23 heavy (non-hydrogen) atoms. The Morgan fingerprint density at radius 1 is 0.696 bits per heavy atom. The van der Waals surface area contributed by atoms with Crippen molar-refractivity contribution in [3.05, 3.63) is 57.6 Å². The van der Waals surface area contributed by atoms with Gasteiger partial charge in [-0.3, -0.25) is 9.59 Å². The van der Waals surface area contributed by atoms with E-state index in [0.29, 0.717) is 22.6 Å². The van der Waals surface area contributed by atoms with E-state index in [0.717, 1.165) is 34.8 Å². The first-order valence-electron chi connectivity index (χ1n) is 7.25. The van der Waals surface area contributed by atoms with E-state index in [1.165, 1.54) is 7.69 Å². The first-order valence-corrected chi connectivity index (χ1v) is 7.25. The van der Waals surface area contributed by atoms with Crippen LogP contribution in [0.2, 0.25) is 0 Å². The van der Waals surface area contributed by atoms with Gasteiger partial charge in [-0.05, 0) is 74.2 Å². The van der Waals surface area contributed by atoms with E-state index in [4.69, 9.17) is 9.31 Å². The van der Waals surface area contributed by atoms with Crippen molar-refractivity contribution >= 4 is 20.3 Å². The van der Waals surface area contributed by atoms with Crippen LogP contribution in [0.1, 0.15) is 43.0 Å². The van der Waals surface area contributed by atoms with Crippen molar-refractivity contribution in [2.45, 2.75) is 27.7 Å². The second kappa shape index (κ2) is 7.14. The van der Waals surface area contributed by atoms with Gasteiger partial charge in [0, 0.05) is 11.1 Å². The zero-order valence-corrected chi connectivity index (χ0v) is 13.7. The molecule has 1 radical (unpaired) electrons. The number of rotatable bonds is 6. The molecule has 0 heterocycles. The first kappa shape index (κ1) is 16.8. The van der Waals surface area contributed by atoms with Crippen LogP contribution in [0.3, 0.4) is 0 Å². The van der Waals surface area contributed by atoms with Crippen molar-refractivity contribution in [2.75, 3.05) is 0 Å². The average Bonchev–Trinajstić information content (AvgIpc) is 2.55. The fourth-order valence-electron chi connectivity index (χ4n) is 2.27. The Balaban J connectivity index is 2.09. The molecule has 0 fully saturated rings. The summed E-state index contributed by atoms with van der Waals surface area (Å²) in [5.41, 5.74) is 4.83. The Kier molecular flexibility index (Phi) is 5.22. The van der Waals surface area contributed by atoms with Gasteiger partial charge in [-0.2, -0.15) is 0 Å². The topological polar surface area (TPSA) is 52.6 Å². The standard InChI is InChI=1S/C18H18BO4/c1-11-13(3)17(7-5-15(11)9-20)22-19-23-18-8-6-16(10-21)12(2)14(18)4/h5-10H,1-4H3. The minimum atomic E-state index is 0.631. The molecule has 2 aromatic rings. The van der Waals surface area contributed by atoms with Crippen LogP contribution in [0, 0.1) is 27.7 Å². The summed E-state index contributed by atoms with van der Waals surface area (Å²) in [6.45, 7) is 7.52. The molecule has 0 unspecified atom stereocenters. The van der Waals surface area contributed by atoms with E-state index in [9.17, 15) is 9.59 Å². The normalized spacial score (nSPS) is 10.1. The monoisotopic (exact) mass is 309 g/mol. The Morgan fingerprint density at radius 2 is 1.09 bits per heavy atom. The molecule has 4 nitrogen and oxygen atoms in total. The molecule has 0 saturated heterocycles.